The Hall–Kier alpha value is -2.93. The van der Waals surface area contributed by atoms with Gasteiger partial charge in [-0.3, -0.25) is 9.59 Å². The molecule has 2 amide bonds. The second-order valence-electron chi connectivity index (χ2n) is 6.44. The van der Waals surface area contributed by atoms with Crippen molar-refractivity contribution in [2.24, 2.45) is 0 Å². The van der Waals surface area contributed by atoms with Crippen molar-refractivity contribution >= 4 is 17.5 Å². The van der Waals surface area contributed by atoms with Crippen LogP contribution in [0.4, 0.5) is 10.1 Å². The molecule has 0 aromatic heterocycles. The fraction of sp³-hybridized carbons (Fsp3) is 0.300. The van der Waals surface area contributed by atoms with Crippen molar-refractivity contribution in [3.63, 3.8) is 0 Å². The van der Waals surface area contributed by atoms with E-state index in [1.54, 1.807) is 35.2 Å². The van der Waals surface area contributed by atoms with Crippen molar-refractivity contribution < 1.29 is 23.5 Å². The molecular formula is C20H19FN2O4. The largest absolute Gasteiger partial charge is 0.476 e. The van der Waals surface area contributed by atoms with Crippen LogP contribution < -0.4 is 9.64 Å². The second kappa shape index (κ2) is 7.36. The quantitative estimate of drug-likeness (QED) is 0.812. The van der Waals surface area contributed by atoms with Crippen molar-refractivity contribution in [1.82, 2.24) is 4.90 Å². The van der Waals surface area contributed by atoms with Gasteiger partial charge in [-0.1, -0.05) is 18.2 Å². The minimum Gasteiger partial charge on any atom is -0.476 e. The first-order valence-electron chi connectivity index (χ1n) is 8.83. The summed E-state index contributed by atoms with van der Waals surface area (Å²) < 4.78 is 24.7. The van der Waals surface area contributed by atoms with Gasteiger partial charge in [0.1, 0.15) is 11.6 Å². The van der Waals surface area contributed by atoms with E-state index >= 15 is 0 Å². The number of ether oxygens (including phenoxy) is 2. The lowest BCUT2D eigenvalue weighted by Gasteiger charge is -2.37. The van der Waals surface area contributed by atoms with Crippen LogP contribution in [0.2, 0.25) is 0 Å². The molecule has 0 unspecified atom stereocenters. The Labute approximate surface area is 156 Å². The number of hydrogen-bond donors (Lipinski definition) is 0. The molecule has 2 aliphatic rings. The third-order valence-corrected chi connectivity index (χ3v) is 4.69. The number of benzene rings is 2. The highest BCUT2D eigenvalue weighted by Crippen LogP contribution is 2.34. The highest BCUT2D eigenvalue weighted by molar-refractivity contribution is 6.07. The molecule has 4 rings (SSSR count). The van der Waals surface area contributed by atoms with E-state index in [0.29, 0.717) is 37.7 Å². The maximum atomic E-state index is 13.6. The molecule has 0 aliphatic carbocycles. The van der Waals surface area contributed by atoms with E-state index in [1.165, 1.54) is 23.1 Å². The van der Waals surface area contributed by atoms with Crippen LogP contribution in [0.25, 0.3) is 0 Å². The van der Waals surface area contributed by atoms with Crippen molar-refractivity contribution in [3.05, 3.63) is 59.9 Å². The Morgan fingerprint density at radius 1 is 1.04 bits per heavy atom. The molecular weight excluding hydrogens is 351 g/mol. The topological polar surface area (TPSA) is 59.1 Å². The molecule has 2 aliphatic heterocycles. The number of nitrogens with zero attached hydrogens (tertiary/aromatic N) is 2. The van der Waals surface area contributed by atoms with Gasteiger partial charge in [0.15, 0.2) is 6.10 Å². The molecule has 0 radical (unpaired) electrons. The fourth-order valence-corrected chi connectivity index (χ4v) is 3.32. The monoisotopic (exact) mass is 370 g/mol. The normalized spacial score (nSPS) is 19.2. The zero-order valence-corrected chi connectivity index (χ0v) is 14.6. The summed E-state index contributed by atoms with van der Waals surface area (Å²) in [4.78, 5) is 29.1. The Morgan fingerprint density at radius 2 is 1.81 bits per heavy atom. The van der Waals surface area contributed by atoms with Crippen LogP contribution in [0.3, 0.4) is 0 Å². The lowest BCUT2D eigenvalue weighted by atomic mass is 10.1. The van der Waals surface area contributed by atoms with E-state index in [1.807, 2.05) is 0 Å². The van der Waals surface area contributed by atoms with Crippen molar-refractivity contribution in [2.45, 2.75) is 6.10 Å². The second-order valence-corrected chi connectivity index (χ2v) is 6.44. The van der Waals surface area contributed by atoms with Gasteiger partial charge in [-0.2, -0.15) is 0 Å². The number of amides is 2. The first-order valence-corrected chi connectivity index (χ1v) is 8.83. The molecule has 0 saturated carbocycles. The summed E-state index contributed by atoms with van der Waals surface area (Å²) in [5.41, 5.74) is 0.794. The molecule has 2 aromatic rings. The molecule has 0 bridgehead atoms. The maximum Gasteiger partial charge on any atom is 0.265 e. The summed E-state index contributed by atoms with van der Waals surface area (Å²) in [6.07, 6.45) is -0.810. The summed E-state index contributed by atoms with van der Waals surface area (Å²) in [6, 6.07) is 12.6. The van der Waals surface area contributed by atoms with Gasteiger partial charge in [-0.15, -0.1) is 0 Å². The Bertz CT molecular complexity index is 867. The highest BCUT2D eigenvalue weighted by atomic mass is 19.1. The summed E-state index contributed by atoms with van der Waals surface area (Å²) >= 11 is 0. The third-order valence-electron chi connectivity index (χ3n) is 4.69. The third kappa shape index (κ3) is 3.50. The molecule has 1 saturated heterocycles. The van der Waals surface area contributed by atoms with Crippen molar-refractivity contribution in [3.8, 4) is 5.75 Å². The average molecular weight is 370 g/mol. The van der Waals surface area contributed by atoms with E-state index in [9.17, 15) is 14.0 Å². The van der Waals surface area contributed by atoms with E-state index in [0.717, 1.165) is 0 Å². The zero-order chi connectivity index (χ0) is 18.8. The number of fused-ring (bicyclic) bond motifs is 1. The minimum absolute atomic E-state index is 0.0720. The lowest BCUT2D eigenvalue weighted by Crippen LogP contribution is -2.54. The SMILES string of the molecule is O=C([C@@H]1CN(C(=O)c2cccc(F)c2)c2ccccc2O1)N1CCOCC1. The van der Waals surface area contributed by atoms with Gasteiger partial charge < -0.3 is 19.3 Å². The molecule has 140 valence electrons. The summed E-state index contributed by atoms with van der Waals surface area (Å²) in [5, 5.41) is 0. The molecule has 0 spiro atoms. The molecule has 6 nitrogen and oxygen atoms in total. The number of rotatable bonds is 2. The van der Waals surface area contributed by atoms with Crippen molar-refractivity contribution in [1.29, 1.82) is 0 Å². The van der Waals surface area contributed by atoms with Crippen molar-refractivity contribution in [2.75, 3.05) is 37.7 Å². The zero-order valence-electron chi connectivity index (χ0n) is 14.6. The Morgan fingerprint density at radius 3 is 2.59 bits per heavy atom. The van der Waals surface area contributed by atoms with Gasteiger partial charge in [-0.05, 0) is 30.3 Å². The molecule has 1 atom stereocenters. The van der Waals surface area contributed by atoms with Crippen LogP contribution >= 0.6 is 0 Å². The van der Waals surface area contributed by atoms with Crippen LogP contribution in [0, 0.1) is 5.82 Å². The van der Waals surface area contributed by atoms with Crippen LogP contribution in [0.5, 0.6) is 5.75 Å². The van der Waals surface area contributed by atoms with Gasteiger partial charge in [0.25, 0.3) is 11.8 Å². The Balaban J connectivity index is 1.64. The van der Waals surface area contributed by atoms with Gasteiger partial charge in [0.05, 0.1) is 25.4 Å². The summed E-state index contributed by atoms with van der Waals surface area (Å²) in [6.45, 7) is 2.04. The van der Waals surface area contributed by atoms with E-state index in [2.05, 4.69) is 0 Å². The fourth-order valence-electron chi connectivity index (χ4n) is 3.32. The number of anilines is 1. The van der Waals surface area contributed by atoms with Crippen LogP contribution in [0.1, 0.15) is 10.4 Å². The average Bonchev–Trinajstić information content (AvgIpc) is 2.72. The predicted octanol–water partition coefficient (Wildman–Crippen LogP) is 2.09. The summed E-state index contributed by atoms with van der Waals surface area (Å²) in [7, 11) is 0. The molecule has 2 heterocycles. The van der Waals surface area contributed by atoms with Crippen LogP contribution in [-0.2, 0) is 9.53 Å². The van der Waals surface area contributed by atoms with Gasteiger partial charge in [-0.25, -0.2) is 4.39 Å². The number of hydrogen-bond acceptors (Lipinski definition) is 4. The van der Waals surface area contributed by atoms with Crippen LogP contribution in [-0.4, -0.2) is 55.7 Å². The molecule has 0 N–H and O–H groups in total. The maximum absolute atomic E-state index is 13.6. The standard InChI is InChI=1S/C20H19FN2O4/c21-15-5-3-4-14(12-15)19(24)23-13-18(20(25)22-8-10-26-11-9-22)27-17-7-2-1-6-16(17)23/h1-7,12,18H,8-11,13H2/t18-/m0/s1. The van der Waals surface area contributed by atoms with E-state index < -0.39 is 11.9 Å². The number of morpholine rings is 1. The molecule has 27 heavy (non-hydrogen) atoms. The van der Waals surface area contributed by atoms with Crippen LogP contribution in [0.15, 0.2) is 48.5 Å². The summed E-state index contributed by atoms with van der Waals surface area (Å²) in [5.74, 6) is -0.571. The Kier molecular flexibility index (Phi) is 4.77. The number of carbonyl (C=O) groups is 2. The van der Waals surface area contributed by atoms with E-state index in [-0.39, 0.29) is 23.9 Å². The first-order chi connectivity index (χ1) is 13.1. The molecule has 7 heteroatoms. The van der Waals surface area contributed by atoms with Gasteiger partial charge in [0.2, 0.25) is 0 Å². The molecule has 2 aromatic carbocycles. The number of carbonyl (C=O) groups excluding carboxylic acids is 2. The van der Waals surface area contributed by atoms with Gasteiger partial charge >= 0.3 is 0 Å². The first kappa shape index (κ1) is 17.5. The van der Waals surface area contributed by atoms with Gasteiger partial charge in [0, 0.05) is 18.7 Å². The smallest absolute Gasteiger partial charge is 0.265 e. The highest BCUT2D eigenvalue weighted by Gasteiger charge is 2.36. The predicted molar refractivity (Wildman–Crippen MR) is 96.3 cm³/mol. The number of para-hydroxylation sites is 2. The lowest BCUT2D eigenvalue weighted by molar-refractivity contribution is -0.142. The van der Waals surface area contributed by atoms with E-state index in [4.69, 9.17) is 9.47 Å². The molecule has 1 fully saturated rings. The minimum atomic E-state index is -0.810. The number of halogens is 1.